The number of hydrogen-bond acceptors (Lipinski definition) is 6. The first-order valence-electron chi connectivity index (χ1n) is 9.95. The Hall–Kier alpha value is -2.34. The van der Waals surface area contributed by atoms with Gasteiger partial charge in [-0.25, -0.2) is 9.97 Å². The largest absolute Gasteiger partial charge is 0.504 e. The molecule has 2 saturated heterocycles. The zero-order valence-electron chi connectivity index (χ0n) is 15.8. The van der Waals surface area contributed by atoms with Crippen LogP contribution in [0.4, 0.5) is 5.95 Å². The maximum atomic E-state index is 10.1. The van der Waals surface area contributed by atoms with Gasteiger partial charge in [0.25, 0.3) is 0 Å². The first kappa shape index (κ1) is 16.8. The Morgan fingerprint density at radius 2 is 2.07 bits per heavy atom. The van der Waals surface area contributed by atoms with Crippen molar-refractivity contribution in [2.45, 2.75) is 50.7 Å². The van der Waals surface area contributed by atoms with Crippen LogP contribution in [0.15, 0.2) is 24.4 Å². The van der Waals surface area contributed by atoms with Crippen molar-refractivity contribution in [2.75, 3.05) is 25.1 Å². The second kappa shape index (κ2) is 6.68. The molecule has 1 N–H and O–H groups in total. The van der Waals surface area contributed by atoms with E-state index in [1.165, 1.54) is 30.5 Å². The van der Waals surface area contributed by atoms with Crippen molar-refractivity contribution >= 4 is 5.95 Å². The number of fused-ring (bicyclic) bond motifs is 4. The summed E-state index contributed by atoms with van der Waals surface area (Å²) in [5.74, 6) is 1.64. The lowest BCUT2D eigenvalue weighted by atomic mass is 9.98. The number of anilines is 1. The predicted molar refractivity (Wildman–Crippen MR) is 103 cm³/mol. The van der Waals surface area contributed by atoms with E-state index < -0.39 is 0 Å². The molecular formula is C21H26N4O2. The number of methoxy groups -OCH3 is 1. The lowest BCUT2D eigenvalue weighted by Gasteiger charge is -2.36. The Morgan fingerprint density at radius 3 is 2.85 bits per heavy atom. The van der Waals surface area contributed by atoms with Crippen LogP contribution < -0.4 is 9.64 Å². The fourth-order valence-corrected chi connectivity index (χ4v) is 4.92. The highest BCUT2D eigenvalue weighted by molar-refractivity contribution is 5.42. The van der Waals surface area contributed by atoms with E-state index in [9.17, 15) is 5.11 Å². The number of nitrogens with zero attached hydrogens (tertiary/aromatic N) is 4. The van der Waals surface area contributed by atoms with Gasteiger partial charge in [-0.1, -0.05) is 6.07 Å². The Kier molecular flexibility index (Phi) is 4.16. The summed E-state index contributed by atoms with van der Waals surface area (Å²) in [5.41, 5.74) is 3.65. The van der Waals surface area contributed by atoms with E-state index >= 15 is 0 Å². The molecule has 142 valence electrons. The minimum atomic E-state index is 0.207. The molecule has 6 heteroatoms. The molecule has 2 bridgehead atoms. The number of benzene rings is 1. The van der Waals surface area contributed by atoms with Gasteiger partial charge in [-0.05, 0) is 43.4 Å². The number of aromatic nitrogens is 2. The van der Waals surface area contributed by atoms with Crippen LogP contribution in [0.1, 0.15) is 48.5 Å². The van der Waals surface area contributed by atoms with Crippen molar-refractivity contribution in [3.63, 3.8) is 0 Å². The molecule has 2 aromatic rings. The quantitative estimate of drug-likeness (QED) is 0.897. The lowest BCUT2D eigenvalue weighted by Crippen LogP contribution is -2.38. The number of aromatic hydroxyl groups is 1. The number of hydrogen-bond donors (Lipinski definition) is 1. The second-order valence-corrected chi connectivity index (χ2v) is 7.90. The zero-order chi connectivity index (χ0) is 18.4. The number of phenolic OH excluding ortho intramolecular Hbond substituents is 1. The Bertz CT molecular complexity index is 850. The summed E-state index contributed by atoms with van der Waals surface area (Å²) in [7, 11) is 1.58. The smallest absolute Gasteiger partial charge is 0.225 e. The van der Waals surface area contributed by atoms with Gasteiger partial charge >= 0.3 is 0 Å². The van der Waals surface area contributed by atoms with Crippen LogP contribution in [0.5, 0.6) is 11.5 Å². The molecule has 0 saturated carbocycles. The van der Waals surface area contributed by atoms with Crippen LogP contribution in [-0.2, 0) is 13.0 Å². The van der Waals surface area contributed by atoms with Gasteiger partial charge in [0.1, 0.15) is 0 Å². The van der Waals surface area contributed by atoms with E-state index in [0.29, 0.717) is 17.8 Å². The predicted octanol–water partition coefficient (Wildman–Crippen LogP) is 3.05. The van der Waals surface area contributed by atoms with Gasteiger partial charge in [0.2, 0.25) is 5.95 Å². The summed E-state index contributed by atoms with van der Waals surface area (Å²) in [4.78, 5) is 14.5. The zero-order valence-corrected chi connectivity index (χ0v) is 15.8. The van der Waals surface area contributed by atoms with E-state index in [-0.39, 0.29) is 5.75 Å². The van der Waals surface area contributed by atoms with Crippen molar-refractivity contribution < 1.29 is 9.84 Å². The van der Waals surface area contributed by atoms with Crippen LogP contribution >= 0.6 is 0 Å². The average molecular weight is 366 g/mol. The van der Waals surface area contributed by atoms with Crippen molar-refractivity contribution in [1.82, 2.24) is 14.9 Å². The standard InChI is InChI=1S/C21H26N4O2/c1-27-20-7-4-14(10-19(20)26)13-25-15-5-6-18(25)16-12-22-21(23-17(16)11-15)24-8-2-3-9-24/h4,7,10,12,15,18,26H,2-3,5-6,8-9,11,13H2,1H3/t15-,18+/m0/s1. The molecule has 0 radical (unpaired) electrons. The van der Waals surface area contributed by atoms with E-state index in [1.54, 1.807) is 7.11 Å². The molecule has 0 spiro atoms. The Labute approximate surface area is 159 Å². The van der Waals surface area contributed by atoms with Gasteiger partial charge in [0, 0.05) is 49.9 Å². The summed E-state index contributed by atoms with van der Waals surface area (Å²) in [5, 5.41) is 10.1. The molecular weight excluding hydrogens is 340 g/mol. The summed E-state index contributed by atoms with van der Waals surface area (Å²) in [6, 6.07) is 6.61. The molecule has 4 heterocycles. The van der Waals surface area contributed by atoms with E-state index in [4.69, 9.17) is 14.7 Å². The highest BCUT2D eigenvalue weighted by Gasteiger charge is 2.41. The molecule has 0 amide bonds. The third kappa shape index (κ3) is 2.92. The van der Waals surface area contributed by atoms with Crippen LogP contribution in [0.2, 0.25) is 0 Å². The van der Waals surface area contributed by atoms with Crippen LogP contribution in [-0.4, -0.2) is 46.2 Å². The average Bonchev–Trinajstić information content (AvgIpc) is 3.30. The maximum Gasteiger partial charge on any atom is 0.225 e. The van der Waals surface area contributed by atoms with E-state index in [2.05, 4.69) is 16.0 Å². The van der Waals surface area contributed by atoms with Crippen molar-refractivity contribution in [3.05, 3.63) is 41.2 Å². The molecule has 27 heavy (non-hydrogen) atoms. The Morgan fingerprint density at radius 1 is 1.22 bits per heavy atom. The fourth-order valence-electron chi connectivity index (χ4n) is 4.92. The van der Waals surface area contributed by atoms with Crippen molar-refractivity contribution in [1.29, 1.82) is 0 Å². The van der Waals surface area contributed by atoms with Gasteiger partial charge in [-0.2, -0.15) is 0 Å². The highest BCUT2D eigenvalue weighted by Crippen LogP contribution is 2.44. The van der Waals surface area contributed by atoms with Gasteiger partial charge in [0.05, 0.1) is 12.8 Å². The Balaban J connectivity index is 1.39. The summed E-state index contributed by atoms with van der Waals surface area (Å²) >= 11 is 0. The molecule has 2 atom stereocenters. The van der Waals surface area contributed by atoms with Crippen LogP contribution in [0.25, 0.3) is 0 Å². The molecule has 2 fully saturated rings. The summed E-state index contributed by atoms with van der Waals surface area (Å²) in [6.45, 7) is 3.00. The lowest BCUT2D eigenvalue weighted by molar-refractivity contribution is 0.166. The van der Waals surface area contributed by atoms with E-state index in [1.807, 2.05) is 18.2 Å². The van der Waals surface area contributed by atoms with Gasteiger partial charge in [-0.3, -0.25) is 4.90 Å². The molecule has 0 aliphatic carbocycles. The third-order valence-corrected chi connectivity index (χ3v) is 6.32. The highest BCUT2D eigenvalue weighted by atomic mass is 16.5. The van der Waals surface area contributed by atoms with Gasteiger partial charge in [-0.15, -0.1) is 0 Å². The van der Waals surface area contributed by atoms with Gasteiger partial charge in [0.15, 0.2) is 11.5 Å². The minimum Gasteiger partial charge on any atom is -0.504 e. The second-order valence-electron chi connectivity index (χ2n) is 7.90. The molecule has 0 unspecified atom stereocenters. The molecule has 3 aliphatic rings. The van der Waals surface area contributed by atoms with Crippen molar-refractivity contribution in [2.24, 2.45) is 0 Å². The topological polar surface area (TPSA) is 61.7 Å². The van der Waals surface area contributed by atoms with E-state index in [0.717, 1.165) is 44.0 Å². The third-order valence-electron chi connectivity index (χ3n) is 6.32. The summed E-state index contributed by atoms with van der Waals surface area (Å²) in [6.07, 6.45) is 7.91. The number of phenols is 1. The first-order chi connectivity index (χ1) is 13.2. The maximum absolute atomic E-state index is 10.1. The molecule has 5 rings (SSSR count). The van der Waals surface area contributed by atoms with Crippen LogP contribution in [0.3, 0.4) is 0 Å². The summed E-state index contributed by atoms with van der Waals surface area (Å²) < 4.78 is 5.16. The first-order valence-corrected chi connectivity index (χ1v) is 9.95. The number of rotatable bonds is 4. The van der Waals surface area contributed by atoms with Gasteiger partial charge < -0.3 is 14.7 Å². The minimum absolute atomic E-state index is 0.207. The fraction of sp³-hybridized carbons (Fsp3) is 0.524. The number of ether oxygens (including phenoxy) is 1. The van der Waals surface area contributed by atoms with Crippen molar-refractivity contribution in [3.8, 4) is 11.5 Å². The molecule has 1 aromatic heterocycles. The molecule has 6 nitrogen and oxygen atoms in total. The monoisotopic (exact) mass is 366 g/mol. The normalized spacial score (nSPS) is 24.3. The molecule has 1 aromatic carbocycles. The SMILES string of the molecule is COc1ccc(CN2[C@H]3CC[C@@H]2c2cnc(N4CCCC4)nc2C3)cc1O. The molecule has 3 aliphatic heterocycles. The van der Waals surface area contributed by atoms with Crippen LogP contribution in [0, 0.1) is 0 Å².